The Bertz CT molecular complexity index is 3350. The Hall–Kier alpha value is -7.57. The molecule has 1 aliphatic carbocycles. The third-order valence-corrected chi connectivity index (χ3v) is 17.3. The van der Waals surface area contributed by atoms with E-state index >= 15 is 4.39 Å². The molecular weight excluding hydrogens is 1140 g/mol. The van der Waals surface area contributed by atoms with Gasteiger partial charge in [-0.25, -0.2) is 13.8 Å². The molecule has 2 aliphatic heterocycles. The molecule has 5 aromatic rings. The van der Waals surface area contributed by atoms with Crippen molar-refractivity contribution >= 4 is 58.2 Å². The Morgan fingerprint density at radius 1 is 0.837 bits per heavy atom. The maximum absolute atomic E-state index is 15.7. The molecule has 6 amide bonds. The lowest BCUT2D eigenvalue weighted by atomic mass is 9.85. The molecule has 6 atom stereocenters. The van der Waals surface area contributed by atoms with Gasteiger partial charge in [0.15, 0.2) is 5.67 Å². The van der Waals surface area contributed by atoms with Gasteiger partial charge in [-0.2, -0.15) is 13.2 Å². The Morgan fingerprint density at radius 3 is 2.12 bits per heavy atom. The monoisotopic (exact) mass is 1210 g/mol. The van der Waals surface area contributed by atoms with E-state index in [1.165, 1.54) is 34.4 Å². The fourth-order valence-electron chi connectivity index (χ4n) is 10.9. The van der Waals surface area contributed by atoms with Gasteiger partial charge in [-0.05, 0) is 106 Å². The summed E-state index contributed by atoms with van der Waals surface area (Å²) in [7, 11) is 1.98. The van der Waals surface area contributed by atoms with Crippen LogP contribution >= 0.6 is 11.3 Å². The Labute approximate surface area is 500 Å². The van der Waals surface area contributed by atoms with Crippen LogP contribution < -0.4 is 37.0 Å². The average molecular weight is 1220 g/mol. The van der Waals surface area contributed by atoms with Crippen molar-refractivity contribution in [3.8, 4) is 21.6 Å². The number of H-pyrrole nitrogens is 1. The van der Waals surface area contributed by atoms with Crippen LogP contribution in [0.2, 0.25) is 0 Å². The highest BCUT2D eigenvalue weighted by atomic mass is 32.1. The van der Waals surface area contributed by atoms with Gasteiger partial charge in [-0.15, -0.1) is 11.3 Å². The van der Waals surface area contributed by atoms with Crippen molar-refractivity contribution in [2.75, 3.05) is 50.0 Å². The number of nitrogens with zero attached hydrogens (tertiary/aromatic N) is 4. The number of likely N-dealkylation sites (N-methyl/N-ethyl adjacent to an activating group) is 1. The quantitative estimate of drug-likeness (QED) is 0.0256. The van der Waals surface area contributed by atoms with Crippen LogP contribution in [-0.4, -0.2) is 136 Å². The molecule has 7 N–H and O–H groups in total. The van der Waals surface area contributed by atoms with E-state index in [1.54, 1.807) is 38.4 Å². The summed E-state index contributed by atoms with van der Waals surface area (Å²) < 4.78 is 72.6. The van der Waals surface area contributed by atoms with Crippen LogP contribution in [0, 0.1) is 18.2 Å². The summed E-state index contributed by atoms with van der Waals surface area (Å²) in [5.41, 5.74) is -1.09. The Kier molecular flexibility index (Phi) is 20.2. The molecule has 2 saturated heterocycles. The third kappa shape index (κ3) is 15.7. The molecule has 4 heterocycles. The number of hydrogen-bond donors (Lipinski definition) is 7. The summed E-state index contributed by atoms with van der Waals surface area (Å²) >= 11 is 1.48. The predicted octanol–water partition coefficient (Wildman–Crippen LogP) is 8.45. The molecule has 2 aromatic heterocycles. The normalized spacial score (nSPS) is 19.3. The number of benzene rings is 3. The van der Waals surface area contributed by atoms with E-state index in [9.17, 15) is 56.2 Å². The van der Waals surface area contributed by atoms with Crippen molar-refractivity contribution in [2.45, 2.75) is 147 Å². The van der Waals surface area contributed by atoms with E-state index in [-0.39, 0.29) is 72.6 Å². The lowest BCUT2D eigenvalue weighted by molar-refractivity contribution is -0.145. The van der Waals surface area contributed by atoms with Crippen LogP contribution in [0.15, 0.2) is 83.2 Å². The second kappa shape index (κ2) is 27.0. The maximum atomic E-state index is 15.7. The molecular formula is C62H75F5N10O8S. The van der Waals surface area contributed by atoms with Crippen molar-refractivity contribution in [3.63, 3.8) is 0 Å². The molecule has 0 bridgehead atoms. The average Bonchev–Trinajstić information content (AvgIpc) is 3.19. The number of likely N-dealkylation sites (tertiary alicyclic amines) is 1. The Morgan fingerprint density at radius 2 is 1.49 bits per heavy atom. The van der Waals surface area contributed by atoms with Crippen LogP contribution in [0.3, 0.4) is 0 Å². The smallest absolute Gasteiger partial charge is 0.391 e. The van der Waals surface area contributed by atoms with Gasteiger partial charge in [-0.1, -0.05) is 70.4 Å². The zero-order valence-corrected chi connectivity index (χ0v) is 50.1. The number of nitrogens with one attached hydrogen (secondary N) is 6. The lowest BCUT2D eigenvalue weighted by Crippen LogP contribution is -2.59. The first-order chi connectivity index (χ1) is 40.6. The van der Waals surface area contributed by atoms with Gasteiger partial charge in [0, 0.05) is 74.6 Å². The summed E-state index contributed by atoms with van der Waals surface area (Å²) in [5.74, 6) is -4.77. The largest absolute Gasteiger partial charge is 0.417 e. The minimum Gasteiger partial charge on any atom is -0.391 e. The highest BCUT2D eigenvalue weighted by molar-refractivity contribution is 7.13. The first kappa shape index (κ1) is 64.4. The maximum Gasteiger partial charge on any atom is 0.417 e. The number of halogens is 5. The number of aromatic nitrogens is 2. The number of hydrogen-bond acceptors (Lipinski definition) is 12. The highest BCUT2D eigenvalue weighted by Gasteiger charge is 2.53. The van der Waals surface area contributed by atoms with Crippen LogP contribution in [0.25, 0.3) is 21.6 Å². The number of aliphatic hydroxyl groups is 1. The number of β-amino-alcohol motifs (C(OH)–C–C–N with tert-alkyl or cyclic N) is 1. The topological polar surface area (TPSA) is 238 Å². The van der Waals surface area contributed by atoms with Crippen molar-refractivity contribution in [3.05, 3.63) is 123 Å². The first-order valence-corrected chi connectivity index (χ1v) is 29.9. The van der Waals surface area contributed by atoms with E-state index < -0.39 is 93.5 Å². The number of rotatable bonds is 22. The van der Waals surface area contributed by atoms with E-state index in [1.807, 2.05) is 57.0 Å². The standard InChI is InChI=1S/C62H75F5N10O8S/c1-35-31-76(32-36(2)75(35)7)49-20-18-40(26-48(49)73-56(82)44-30-70-51(79)28-45(44)62(65,66)67)43-25-41(17-19-46(43)63)55(81)69-24-12-10-8-9-11-23-68-52(80)29-47(38-13-15-39(16-14-38)53-37(3)71-34-86-53)72-57(83)50-27-42(78)33-77(50)58(84)54(60(4,5)6)74-59(85)61(64)21-22-61/h13-20,25-26,28,30,34-36,42,47,50,54,78H,8-12,21-24,27,29,31-33H2,1-7H3,(H,68,80)(H,69,81)(H,70,79)(H,72,83)(H,73,82)(H,74,85)/t35-,36+,42-,47?,50+,54?/m1/s1. The van der Waals surface area contributed by atoms with Crippen LogP contribution in [0.4, 0.5) is 33.3 Å². The van der Waals surface area contributed by atoms with Gasteiger partial charge in [0.25, 0.3) is 17.7 Å². The number of aliphatic hydroxyl groups excluding tert-OH is 1. The number of unbranched alkanes of at least 4 members (excludes halogenated alkanes) is 4. The van der Waals surface area contributed by atoms with Crippen LogP contribution in [-0.2, 0) is 25.4 Å². The minimum atomic E-state index is -5.02. The van der Waals surface area contributed by atoms with Crippen molar-refractivity contribution in [1.82, 2.24) is 41.0 Å². The molecule has 3 fully saturated rings. The summed E-state index contributed by atoms with van der Waals surface area (Å²) in [6, 6.07) is 13.2. The summed E-state index contributed by atoms with van der Waals surface area (Å²) in [6.45, 7) is 12.6. The summed E-state index contributed by atoms with van der Waals surface area (Å²) in [6.07, 6.45) is -2.02. The molecule has 0 spiro atoms. The molecule has 2 unspecified atom stereocenters. The molecule has 0 radical (unpaired) electrons. The van der Waals surface area contributed by atoms with Gasteiger partial charge in [0.1, 0.15) is 17.9 Å². The summed E-state index contributed by atoms with van der Waals surface area (Å²) in [4.78, 5) is 107. The lowest BCUT2D eigenvalue weighted by Gasteiger charge is -2.44. The molecule has 3 aliphatic rings. The SMILES string of the molecule is Cc1ncsc1-c1ccc(C(CC(=O)NCCCCCCCNC(=O)c2ccc(F)c(-c3ccc(N4C[C@@H](C)N(C)[C@@H](C)C4)c(NC(=O)c4c[nH]c(=O)cc4C(F)(F)F)c3)c2)NC(=O)[C@@H]2C[C@@H](O)CN2C(=O)C(NC(=O)C2(F)CC2)C(C)(C)C)cc1. The number of aryl methyl sites for hydroxylation is 1. The van der Waals surface area contributed by atoms with Crippen molar-refractivity contribution < 1.29 is 55.8 Å². The molecule has 18 nitrogen and oxygen atoms in total. The van der Waals surface area contributed by atoms with Gasteiger partial charge >= 0.3 is 6.18 Å². The number of carbonyl (C=O) groups excluding carboxylic acids is 6. The van der Waals surface area contributed by atoms with Gasteiger partial charge in [-0.3, -0.25) is 38.5 Å². The number of alkyl halides is 4. The first-order valence-electron chi connectivity index (χ1n) is 29.0. The predicted molar refractivity (Wildman–Crippen MR) is 318 cm³/mol. The second-order valence-corrected chi connectivity index (χ2v) is 24.8. The summed E-state index contributed by atoms with van der Waals surface area (Å²) in [5, 5.41) is 24.7. The van der Waals surface area contributed by atoms with Crippen LogP contribution in [0.1, 0.15) is 136 Å². The number of aromatic amines is 1. The minimum absolute atomic E-state index is 0.00945. The van der Waals surface area contributed by atoms with E-state index in [4.69, 9.17) is 0 Å². The fourth-order valence-corrected chi connectivity index (χ4v) is 11.7. The molecule has 1 saturated carbocycles. The number of piperazine rings is 1. The van der Waals surface area contributed by atoms with Crippen LogP contribution in [0.5, 0.6) is 0 Å². The van der Waals surface area contributed by atoms with Crippen molar-refractivity contribution in [2.24, 2.45) is 5.41 Å². The third-order valence-electron chi connectivity index (χ3n) is 16.3. The van der Waals surface area contributed by atoms with Gasteiger partial charge in [0.2, 0.25) is 23.3 Å². The Balaban J connectivity index is 0.845. The van der Waals surface area contributed by atoms with E-state index in [2.05, 4.69) is 41.5 Å². The van der Waals surface area contributed by atoms with E-state index in [0.29, 0.717) is 62.5 Å². The zero-order chi connectivity index (χ0) is 62.4. The zero-order valence-electron chi connectivity index (χ0n) is 49.3. The number of amides is 6. The molecule has 86 heavy (non-hydrogen) atoms. The number of pyridine rings is 1. The molecule has 462 valence electrons. The number of thiazole rings is 1. The molecule has 8 rings (SSSR count). The highest BCUT2D eigenvalue weighted by Crippen LogP contribution is 2.41. The fraction of sp³-hybridized carbons (Fsp3) is 0.484. The van der Waals surface area contributed by atoms with Gasteiger partial charge < -0.3 is 46.5 Å². The van der Waals surface area contributed by atoms with Crippen molar-refractivity contribution in [1.29, 1.82) is 0 Å². The molecule has 24 heteroatoms. The van der Waals surface area contributed by atoms with Gasteiger partial charge in [0.05, 0.1) is 57.1 Å². The van der Waals surface area contributed by atoms with E-state index in [0.717, 1.165) is 41.5 Å². The molecule has 3 aromatic carbocycles. The second-order valence-electron chi connectivity index (χ2n) is 23.9. The number of anilines is 2. The number of carbonyl (C=O) groups is 6.